The molecule has 4 heteroatoms. The number of ether oxygens (including phenoxy) is 1. The zero-order valence-corrected chi connectivity index (χ0v) is 14.3. The topological polar surface area (TPSA) is 26.3 Å². The standard InChI is InChI=1S/C20H24F2O2/c1-19-7-4-3-5-14(19)12(9-21)13(10-22)17-15(19)6-8-20(2)16(17)11-24-18(20)23/h5,9-10,15-17H,3-4,6-8,11H2,1-2H3/b12-9+,13-10-/t15-,16-,17+,19-,20-/m0/s1. The lowest BCUT2D eigenvalue weighted by molar-refractivity contribution is -0.147. The zero-order chi connectivity index (χ0) is 17.1. The van der Waals surface area contributed by atoms with Crippen LogP contribution in [0.25, 0.3) is 0 Å². The van der Waals surface area contributed by atoms with Crippen LogP contribution in [-0.4, -0.2) is 12.6 Å². The molecule has 3 aliphatic carbocycles. The van der Waals surface area contributed by atoms with Gasteiger partial charge in [0.15, 0.2) is 0 Å². The minimum absolute atomic E-state index is 0.0685. The molecule has 0 aromatic rings. The highest BCUT2D eigenvalue weighted by Gasteiger charge is 2.62. The molecule has 0 spiro atoms. The quantitative estimate of drug-likeness (QED) is 0.581. The average molecular weight is 334 g/mol. The van der Waals surface area contributed by atoms with E-state index in [9.17, 15) is 13.6 Å². The van der Waals surface area contributed by atoms with E-state index >= 15 is 0 Å². The summed E-state index contributed by atoms with van der Waals surface area (Å²) in [6, 6.07) is 0. The summed E-state index contributed by atoms with van der Waals surface area (Å²) in [5, 5.41) is 0. The molecular weight excluding hydrogens is 310 g/mol. The van der Waals surface area contributed by atoms with E-state index in [0.717, 1.165) is 37.7 Å². The van der Waals surface area contributed by atoms with E-state index in [0.29, 0.717) is 30.4 Å². The van der Waals surface area contributed by atoms with Crippen LogP contribution in [0.5, 0.6) is 0 Å². The molecule has 0 amide bonds. The number of cyclic esters (lactones) is 1. The van der Waals surface area contributed by atoms with Gasteiger partial charge >= 0.3 is 5.97 Å². The van der Waals surface area contributed by atoms with Crippen molar-refractivity contribution in [3.8, 4) is 0 Å². The molecule has 2 nitrogen and oxygen atoms in total. The molecule has 0 aromatic heterocycles. The van der Waals surface area contributed by atoms with Gasteiger partial charge in [-0.05, 0) is 67.4 Å². The van der Waals surface area contributed by atoms with Crippen molar-refractivity contribution in [2.75, 3.05) is 6.61 Å². The molecule has 0 radical (unpaired) electrons. The second-order valence-corrected chi connectivity index (χ2v) is 8.31. The number of carbonyl (C=O) groups excluding carboxylic acids is 1. The van der Waals surface area contributed by atoms with Crippen molar-refractivity contribution in [3.05, 3.63) is 35.5 Å². The molecule has 2 saturated carbocycles. The van der Waals surface area contributed by atoms with E-state index in [4.69, 9.17) is 4.74 Å². The van der Waals surface area contributed by atoms with Gasteiger partial charge in [0, 0.05) is 11.5 Å². The van der Waals surface area contributed by atoms with Gasteiger partial charge in [-0.2, -0.15) is 0 Å². The maximum Gasteiger partial charge on any atom is 0.312 e. The molecule has 4 aliphatic rings. The predicted molar refractivity (Wildman–Crippen MR) is 87.2 cm³/mol. The largest absolute Gasteiger partial charge is 0.465 e. The average Bonchev–Trinajstić information content (AvgIpc) is 2.88. The molecule has 1 heterocycles. The van der Waals surface area contributed by atoms with Crippen LogP contribution in [0.3, 0.4) is 0 Å². The van der Waals surface area contributed by atoms with Crippen molar-refractivity contribution in [1.29, 1.82) is 0 Å². The lowest BCUT2D eigenvalue weighted by Gasteiger charge is -2.57. The summed E-state index contributed by atoms with van der Waals surface area (Å²) < 4.78 is 33.1. The van der Waals surface area contributed by atoms with E-state index < -0.39 is 5.41 Å². The summed E-state index contributed by atoms with van der Waals surface area (Å²) in [5.74, 6) is -0.157. The van der Waals surface area contributed by atoms with E-state index in [1.54, 1.807) is 0 Å². The number of rotatable bonds is 0. The first-order valence-electron chi connectivity index (χ1n) is 8.96. The van der Waals surface area contributed by atoms with Crippen LogP contribution in [0.2, 0.25) is 0 Å². The molecule has 1 aliphatic heterocycles. The normalized spacial score (nSPS) is 47.8. The predicted octanol–water partition coefficient (Wildman–Crippen LogP) is 5.03. The highest BCUT2D eigenvalue weighted by atomic mass is 19.1. The number of allylic oxidation sites excluding steroid dienone is 4. The monoisotopic (exact) mass is 334 g/mol. The number of halogens is 2. The molecule has 0 N–H and O–H groups in total. The number of esters is 1. The summed E-state index contributed by atoms with van der Waals surface area (Å²) >= 11 is 0. The van der Waals surface area contributed by atoms with Crippen molar-refractivity contribution in [3.63, 3.8) is 0 Å². The van der Waals surface area contributed by atoms with Crippen LogP contribution >= 0.6 is 0 Å². The van der Waals surface area contributed by atoms with Gasteiger partial charge in [-0.25, -0.2) is 8.78 Å². The fourth-order valence-electron chi connectivity index (χ4n) is 5.99. The number of fused-ring (bicyclic) bond motifs is 5. The summed E-state index contributed by atoms with van der Waals surface area (Å²) in [5.41, 5.74) is 1.10. The third-order valence-electron chi connectivity index (χ3n) is 7.39. The number of carbonyl (C=O) groups is 1. The first-order chi connectivity index (χ1) is 11.5. The first-order valence-corrected chi connectivity index (χ1v) is 8.96. The highest BCUT2D eigenvalue weighted by Crippen LogP contribution is 2.65. The molecule has 0 aromatic carbocycles. The summed E-state index contributed by atoms with van der Waals surface area (Å²) in [4.78, 5) is 12.3. The van der Waals surface area contributed by atoms with Crippen LogP contribution in [-0.2, 0) is 9.53 Å². The Hall–Kier alpha value is -1.45. The fourth-order valence-corrected chi connectivity index (χ4v) is 5.99. The van der Waals surface area contributed by atoms with Crippen molar-refractivity contribution < 1.29 is 18.3 Å². The number of hydrogen-bond donors (Lipinski definition) is 0. The van der Waals surface area contributed by atoms with E-state index in [1.165, 1.54) is 0 Å². The minimum atomic E-state index is -0.566. The summed E-state index contributed by atoms with van der Waals surface area (Å²) in [7, 11) is 0. The Labute approximate surface area is 141 Å². The Kier molecular flexibility index (Phi) is 3.52. The van der Waals surface area contributed by atoms with Crippen molar-refractivity contribution >= 4 is 5.97 Å². The van der Waals surface area contributed by atoms with Gasteiger partial charge in [0.05, 0.1) is 24.7 Å². The Bertz CT molecular complexity index is 677. The summed E-state index contributed by atoms with van der Waals surface area (Å²) in [6.45, 7) is 4.46. The smallest absolute Gasteiger partial charge is 0.312 e. The van der Waals surface area contributed by atoms with Crippen molar-refractivity contribution in [2.24, 2.45) is 28.6 Å². The van der Waals surface area contributed by atoms with Crippen LogP contribution in [0.15, 0.2) is 35.5 Å². The highest BCUT2D eigenvalue weighted by molar-refractivity contribution is 5.79. The van der Waals surface area contributed by atoms with Crippen LogP contribution in [0, 0.1) is 28.6 Å². The minimum Gasteiger partial charge on any atom is -0.465 e. The van der Waals surface area contributed by atoms with Gasteiger partial charge in [-0.1, -0.05) is 13.0 Å². The molecular formula is C20H24F2O2. The van der Waals surface area contributed by atoms with Gasteiger partial charge in [0.2, 0.25) is 0 Å². The Balaban J connectivity index is 1.88. The fraction of sp³-hybridized carbons (Fsp3) is 0.650. The SMILES string of the molecule is C[C@]12CCCC=C1C(=C/F)/C(=C/F)[C@@H]1[C@@H]2CC[C@]2(C)C(=O)OC[C@@H]12. The Morgan fingerprint density at radius 3 is 2.67 bits per heavy atom. The zero-order valence-electron chi connectivity index (χ0n) is 14.3. The molecule has 0 bridgehead atoms. The lowest BCUT2D eigenvalue weighted by Crippen LogP contribution is -2.52. The van der Waals surface area contributed by atoms with Crippen LogP contribution < -0.4 is 0 Å². The van der Waals surface area contributed by atoms with Crippen LogP contribution in [0.4, 0.5) is 8.78 Å². The van der Waals surface area contributed by atoms with Gasteiger partial charge in [-0.15, -0.1) is 0 Å². The third-order valence-corrected chi connectivity index (χ3v) is 7.39. The molecule has 130 valence electrons. The van der Waals surface area contributed by atoms with E-state index in [2.05, 4.69) is 13.0 Å². The molecule has 1 saturated heterocycles. The second-order valence-electron chi connectivity index (χ2n) is 8.31. The van der Waals surface area contributed by atoms with Gasteiger partial charge < -0.3 is 4.74 Å². The number of hydrogen-bond acceptors (Lipinski definition) is 2. The second kappa shape index (κ2) is 5.27. The maximum atomic E-state index is 13.9. The Morgan fingerprint density at radius 1 is 1.17 bits per heavy atom. The summed E-state index contributed by atoms with van der Waals surface area (Å²) in [6.07, 6.45) is 7.87. The third kappa shape index (κ3) is 1.83. The van der Waals surface area contributed by atoms with E-state index in [1.807, 2.05) is 6.92 Å². The van der Waals surface area contributed by atoms with Gasteiger partial charge in [0.25, 0.3) is 0 Å². The van der Waals surface area contributed by atoms with Gasteiger partial charge in [0.1, 0.15) is 0 Å². The maximum absolute atomic E-state index is 13.9. The molecule has 24 heavy (non-hydrogen) atoms. The molecule has 4 rings (SSSR count). The first kappa shape index (κ1) is 16.0. The van der Waals surface area contributed by atoms with Crippen LogP contribution in [0.1, 0.15) is 46.0 Å². The van der Waals surface area contributed by atoms with Crippen molar-refractivity contribution in [1.82, 2.24) is 0 Å². The molecule has 0 unspecified atom stereocenters. The van der Waals surface area contributed by atoms with Gasteiger partial charge in [-0.3, -0.25) is 4.79 Å². The van der Waals surface area contributed by atoms with Crippen molar-refractivity contribution in [2.45, 2.75) is 46.0 Å². The molecule has 3 fully saturated rings. The lowest BCUT2D eigenvalue weighted by atomic mass is 9.45. The Morgan fingerprint density at radius 2 is 1.96 bits per heavy atom. The molecule has 5 atom stereocenters. The van der Waals surface area contributed by atoms with E-state index in [-0.39, 0.29) is 29.1 Å².